The van der Waals surface area contributed by atoms with Crippen LogP contribution in [0.5, 0.6) is 5.75 Å². The molecule has 0 saturated carbocycles. The Morgan fingerprint density at radius 1 is 1.05 bits per heavy atom. The van der Waals surface area contributed by atoms with Crippen molar-refractivity contribution in [2.45, 2.75) is 24.4 Å². The van der Waals surface area contributed by atoms with Gasteiger partial charge in [0.2, 0.25) is 0 Å². The molecule has 0 aliphatic heterocycles. The standard InChI is InChI=1S/C26H21F3N2O5S2/c1-16-2-11-22(14-23(16)25(32)33)38(34,35)31-19-7-9-21(10-8-19)36-13-12-20-15-37-24(30-20)17-3-5-18(6-4-17)26(27,28)29/h2-11,14-15,31H,12-13H2,1H3,(H,32,33). The maximum Gasteiger partial charge on any atom is 0.416 e. The average molecular weight is 563 g/mol. The van der Waals surface area contributed by atoms with E-state index in [4.69, 9.17) is 4.74 Å². The summed E-state index contributed by atoms with van der Waals surface area (Å²) in [5, 5.41) is 11.7. The lowest BCUT2D eigenvalue weighted by molar-refractivity contribution is -0.137. The van der Waals surface area contributed by atoms with Crippen LogP contribution in [0.15, 0.2) is 77.0 Å². The fraction of sp³-hybridized carbons (Fsp3) is 0.154. The first-order chi connectivity index (χ1) is 17.9. The average Bonchev–Trinajstić information content (AvgIpc) is 3.33. The van der Waals surface area contributed by atoms with Gasteiger partial charge in [0.25, 0.3) is 10.0 Å². The zero-order chi connectivity index (χ0) is 27.5. The fourth-order valence-electron chi connectivity index (χ4n) is 3.46. The van der Waals surface area contributed by atoms with Crippen LogP contribution in [-0.4, -0.2) is 31.1 Å². The Morgan fingerprint density at radius 3 is 2.37 bits per heavy atom. The van der Waals surface area contributed by atoms with Crippen LogP contribution < -0.4 is 9.46 Å². The molecule has 0 unspecified atom stereocenters. The van der Waals surface area contributed by atoms with Crippen LogP contribution in [0.3, 0.4) is 0 Å². The number of rotatable bonds is 9. The van der Waals surface area contributed by atoms with Crippen molar-refractivity contribution < 1.29 is 36.2 Å². The molecule has 7 nitrogen and oxygen atoms in total. The Balaban J connectivity index is 1.32. The number of nitrogens with one attached hydrogen (secondary N) is 1. The normalized spacial score (nSPS) is 11.8. The van der Waals surface area contributed by atoms with Crippen LogP contribution in [0.25, 0.3) is 10.6 Å². The molecule has 0 aliphatic carbocycles. The predicted octanol–water partition coefficient (Wildman–Crippen LogP) is 6.26. The number of carbonyl (C=O) groups is 1. The molecule has 38 heavy (non-hydrogen) atoms. The maximum atomic E-state index is 12.7. The monoisotopic (exact) mass is 562 g/mol. The minimum atomic E-state index is -4.39. The number of anilines is 1. The van der Waals surface area contributed by atoms with Crippen LogP contribution in [0.2, 0.25) is 0 Å². The molecule has 0 amide bonds. The second-order valence-electron chi connectivity index (χ2n) is 8.23. The molecule has 1 aromatic heterocycles. The minimum Gasteiger partial charge on any atom is -0.493 e. The maximum absolute atomic E-state index is 12.7. The number of carboxylic acid groups (broad SMARTS) is 1. The first kappa shape index (κ1) is 27.1. The third-order valence-electron chi connectivity index (χ3n) is 5.49. The van der Waals surface area contributed by atoms with Gasteiger partial charge in [0.05, 0.1) is 28.3 Å². The SMILES string of the molecule is Cc1ccc(S(=O)(=O)Nc2ccc(OCCc3csc(-c4ccc(C(F)(F)F)cc4)n3)cc2)cc1C(=O)O. The Bertz CT molecular complexity index is 1550. The molecule has 198 valence electrons. The fourth-order valence-corrected chi connectivity index (χ4v) is 5.41. The Kier molecular flexibility index (Phi) is 7.74. The predicted molar refractivity (Wildman–Crippen MR) is 137 cm³/mol. The third-order valence-corrected chi connectivity index (χ3v) is 7.81. The number of halogens is 3. The van der Waals surface area contributed by atoms with E-state index in [9.17, 15) is 31.5 Å². The summed E-state index contributed by atoms with van der Waals surface area (Å²) in [4.78, 5) is 15.6. The lowest BCUT2D eigenvalue weighted by Gasteiger charge is -2.11. The minimum absolute atomic E-state index is 0.0942. The van der Waals surface area contributed by atoms with Crippen LogP contribution in [-0.2, 0) is 22.6 Å². The van der Waals surface area contributed by atoms with Crippen LogP contribution >= 0.6 is 11.3 Å². The van der Waals surface area contributed by atoms with Gasteiger partial charge in [0.1, 0.15) is 10.8 Å². The summed E-state index contributed by atoms with van der Waals surface area (Å²) in [7, 11) is -4.00. The van der Waals surface area contributed by atoms with Crippen molar-refractivity contribution in [2.75, 3.05) is 11.3 Å². The van der Waals surface area contributed by atoms with Crippen LogP contribution in [0, 0.1) is 6.92 Å². The topological polar surface area (TPSA) is 106 Å². The van der Waals surface area contributed by atoms with Gasteiger partial charge in [0, 0.05) is 23.1 Å². The van der Waals surface area contributed by atoms with Gasteiger partial charge in [0.15, 0.2) is 0 Å². The molecule has 0 spiro atoms. The highest BCUT2D eigenvalue weighted by Crippen LogP contribution is 2.32. The summed E-state index contributed by atoms with van der Waals surface area (Å²) < 4.78 is 71.7. The van der Waals surface area contributed by atoms with Crippen LogP contribution in [0.1, 0.15) is 27.2 Å². The summed E-state index contributed by atoms with van der Waals surface area (Å²) in [6, 6.07) is 14.9. The number of benzene rings is 3. The second kappa shape index (κ2) is 10.8. The molecule has 0 bridgehead atoms. The van der Waals surface area contributed by atoms with Gasteiger partial charge in [-0.25, -0.2) is 18.2 Å². The first-order valence-corrected chi connectivity index (χ1v) is 13.5. The Morgan fingerprint density at radius 2 is 1.74 bits per heavy atom. The van der Waals surface area contributed by atoms with E-state index >= 15 is 0 Å². The van der Waals surface area contributed by atoms with Gasteiger partial charge < -0.3 is 9.84 Å². The van der Waals surface area contributed by atoms with Crippen LogP contribution in [0.4, 0.5) is 18.9 Å². The largest absolute Gasteiger partial charge is 0.493 e. The number of aryl methyl sites for hydroxylation is 1. The van der Waals surface area contributed by atoms with Crippen molar-refractivity contribution in [3.05, 3.63) is 94.5 Å². The third kappa shape index (κ3) is 6.50. The van der Waals surface area contributed by atoms with Crippen molar-refractivity contribution in [3.8, 4) is 16.3 Å². The number of thiazole rings is 1. The molecule has 3 aromatic carbocycles. The number of hydrogen-bond acceptors (Lipinski definition) is 6. The number of alkyl halides is 3. The van der Waals surface area contributed by atoms with Gasteiger partial charge >= 0.3 is 12.1 Å². The Hall–Kier alpha value is -3.90. The summed E-state index contributed by atoms with van der Waals surface area (Å²) in [6.07, 6.45) is -3.93. The number of ether oxygens (including phenoxy) is 1. The van der Waals surface area contributed by atoms with Crippen molar-refractivity contribution in [1.29, 1.82) is 0 Å². The number of aromatic nitrogens is 1. The van der Waals surface area contributed by atoms with Gasteiger partial charge in [-0.1, -0.05) is 18.2 Å². The summed E-state index contributed by atoms with van der Waals surface area (Å²) in [5.74, 6) is -0.718. The highest BCUT2D eigenvalue weighted by atomic mass is 32.2. The van der Waals surface area contributed by atoms with E-state index in [1.165, 1.54) is 47.7 Å². The quantitative estimate of drug-likeness (QED) is 0.250. The molecule has 0 fully saturated rings. The molecule has 0 saturated heterocycles. The summed E-state index contributed by atoms with van der Waals surface area (Å²) in [5.41, 5.74) is 1.24. The van der Waals surface area contributed by atoms with Crippen molar-refractivity contribution in [2.24, 2.45) is 0 Å². The molecule has 2 N–H and O–H groups in total. The summed E-state index contributed by atoms with van der Waals surface area (Å²) >= 11 is 1.33. The second-order valence-corrected chi connectivity index (χ2v) is 10.8. The Labute approximate surface area is 220 Å². The summed E-state index contributed by atoms with van der Waals surface area (Å²) in [6.45, 7) is 1.86. The van der Waals surface area contributed by atoms with E-state index in [2.05, 4.69) is 9.71 Å². The van der Waals surface area contributed by atoms with E-state index in [1.54, 1.807) is 19.1 Å². The molecule has 1 heterocycles. The van der Waals surface area contributed by atoms with E-state index in [0.29, 0.717) is 28.3 Å². The van der Waals surface area contributed by atoms with E-state index in [1.807, 2.05) is 5.38 Å². The smallest absolute Gasteiger partial charge is 0.416 e. The molecule has 0 atom stereocenters. The van der Waals surface area contributed by atoms with Crippen molar-refractivity contribution in [3.63, 3.8) is 0 Å². The molecular formula is C26H21F3N2O5S2. The number of hydrogen-bond donors (Lipinski definition) is 2. The van der Waals surface area contributed by atoms with Gasteiger partial charge in [-0.05, 0) is 61.0 Å². The number of sulfonamides is 1. The molecule has 4 rings (SSSR count). The van der Waals surface area contributed by atoms with E-state index in [0.717, 1.165) is 23.9 Å². The highest BCUT2D eigenvalue weighted by molar-refractivity contribution is 7.92. The van der Waals surface area contributed by atoms with E-state index in [-0.39, 0.29) is 22.8 Å². The van der Waals surface area contributed by atoms with Crippen molar-refractivity contribution in [1.82, 2.24) is 4.98 Å². The van der Waals surface area contributed by atoms with Gasteiger partial charge in [-0.2, -0.15) is 13.2 Å². The lowest BCUT2D eigenvalue weighted by atomic mass is 10.1. The number of carboxylic acids is 1. The molecule has 12 heteroatoms. The number of aromatic carboxylic acids is 1. The molecule has 4 aromatic rings. The zero-order valence-electron chi connectivity index (χ0n) is 19.8. The molecular weight excluding hydrogens is 541 g/mol. The lowest BCUT2D eigenvalue weighted by Crippen LogP contribution is -2.14. The van der Waals surface area contributed by atoms with Gasteiger partial charge in [-0.3, -0.25) is 4.72 Å². The molecule has 0 radical (unpaired) electrons. The van der Waals surface area contributed by atoms with Crippen molar-refractivity contribution >= 4 is 33.0 Å². The molecule has 0 aliphatic rings. The van der Waals surface area contributed by atoms with Gasteiger partial charge in [-0.15, -0.1) is 11.3 Å². The number of nitrogens with zero attached hydrogens (tertiary/aromatic N) is 1. The first-order valence-electron chi connectivity index (χ1n) is 11.1. The highest BCUT2D eigenvalue weighted by Gasteiger charge is 2.30. The van der Waals surface area contributed by atoms with E-state index < -0.39 is 27.7 Å². The zero-order valence-corrected chi connectivity index (χ0v) is 21.5.